The third-order valence-corrected chi connectivity index (χ3v) is 3.92. The van der Waals surface area contributed by atoms with Crippen LogP contribution in [0.3, 0.4) is 0 Å². The molecule has 3 aromatic rings. The lowest BCUT2D eigenvalue weighted by Gasteiger charge is -2.09. The number of halogens is 4. The molecule has 2 aromatic heterocycles. The highest BCUT2D eigenvalue weighted by Gasteiger charge is 2.34. The van der Waals surface area contributed by atoms with Gasteiger partial charge in [-0.05, 0) is 30.7 Å². The van der Waals surface area contributed by atoms with Crippen molar-refractivity contribution < 1.29 is 18.0 Å². The first-order valence-electron chi connectivity index (χ1n) is 7.89. The first kappa shape index (κ1) is 19.0. The summed E-state index contributed by atoms with van der Waals surface area (Å²) in [6, 6.07) is 7.97. The van der Waals surface area contributed by atoms with E-state index in [1.165, 1.54) is 13.1 Å². The molecule has 142 valence electrons. The Bertz CT molecular complexity index is 964. The van der Waals surface area contributed by atoms with Crippen LogP contribution < -0.4 is 5.32 Å². The second-order valence-corrected chi connectivity index (χ2v) is 6.37. The van der Waals surface area contributed by atoms with Crippen molar-refractivity contribution in [2.24, 2.45) is 0 Å². The molecule has 0 atom stereocenters. The topological polar surface area (TPSA) is 64.7 Å². The minimum atomic E-state index is -4.55. The van der Waals surface area contributed by atoms with Gasteiger partial charge in [0.2, 0.25) is 5.91 Å². The maximum Gasteiger partial charge on any atom is 0.435 e. The van der Waals surface area contributed by atoms with Gasteiger partial charge in [-0.15, -0.1) is 0 Å². The normalized spacial score (nSPS) is 11.6. The SMILES string of the molecule is Cc1cc(C(F)(F)F)nn1CC(=O)Nc1cccc(Cn2cc(Cl)cn2)c1. The van der Waals surface area contributed by atoms with Crippen LogP contribution >= 0.6 is 11.6 Å². The van der Waals surface area contributed by atoms with Gasteiger partial charge in [0.15, 0.2) is 5.69 Å². The monoisotopic (exact) mass is 397 g/mol. The highest BCUT2D eigenvalue weighted by Crippen LogP contribution is 2.28. The van der Waals surface area contributed by atoms with Crippen LogP contribution in [0.2, 0.25) is 5.02 Å². The average Bonchev–Trinajstić information content (AvgIpc) is 3.13. The van der Waals surface area contributed by atoms with E-state index in [0.29, 0.717) is 17.3 Å². The van der Waals surface area contributed by atoms with Gasteiger partial charge in [-0.1, -0.05) is 23.7 Å². The molecule has 0 aliphatic heterocycles. The van der Waals surface area contributed by atoms with E-state index < -0.39 is 17.8 Å². The summed E-state index contributed by atoms with van der Waals surface area (Å²) >= 11 is 5.83. The van der Waals surface area contributed by atoms with E-state index in [9.17, 15) is 18.0 Å². The quantitative estimate of drug-likeness (QED) is 0.713. The number of nitrogens with zero attached hydrogens (tertiary/aromatic N) is 4. The number of hydrogen-bond donors (Lipinski definition) is 1. The number of alkyl halides is 3. The summed E-state index contributed by atoms with van der Waals surface area (Å²) in [6.07, 6.45) is -1.35. The lowest BCUT2D eigenvalue weighted by molar-refractivity contribution is -0.141. The first-order valence-corrected chi connectivity index (χ1v) is 8.27. The summed E-state index contributed by atoms with van der Waals surface area (Å²) in [4.78, 5) is 12.2. The third-order valence-electron chi connectivity index (χ3n) is 3.72. The molecule has 0 fully saturated rings. The molecule has 0 radical (unpaired) electrons. The van der Waals surface area contributed by atoms with Crippen molar-refractivity contribution in [3.05, 3.63) is 64.7 Å². The predicted octanol–water partition coefficient (Wildman–Crippen LogP) is 3.75. The Morgan fingerprint density at radius 3 is 2.70 bits per heavy atom. The Balaban J connectivity index is 1.66. The van der Waals surface area contributed by atoms with Crippen LogP contribution in [0.1, 0.15) is 17.0 Å². The molecule has 0 unspecified atom stereocenters. The molecule has 2 heterocycles. The molecule has 27 heavy (non-hydrogen) atoms. The van der Waals surface area contributed by atoms with Gasteiger partial charge >= 0.3 is 6.18 Å². The van der Waals surface area contributed by atoms with E-state index >= 15 is 0 Å². The number of rotatable bonds is 5. The van der Waals surface area contributed by atoms with E-state index in [1.807, 2.05) is 6.07 Å². The van der Waals surface area contributed by atoms with Gasteiger partial charge in [-0.3, -0.25) is 14.2 Å². The van der Waals surface area contributed by atoms with Crippen molar-refractivity contribution in [2.75, 3.05) is 5.32 Å². The van der Waals surface area contributed by atoms with Crippen LogP contribution in [0.15, 0.2) is 42.7 Å². The third kappa shape index (κ3) is 4.88. The highest BCUT2D eigenvalue weighted by molar-refractivity contribution is 6.30. The Labute approximate surface area is 157 Å². The summed E-state index contributed by atoms with van der Waals surface area (Å²) in [5, 5.41) is 10.7. The zero-order chi connectivity index (χ0) is 19.6. The number of nitrogens with one attached hydrogen (secondary N) is 1. The molecular weight excluding hydrogens is 383 g/mol. The lowest BCUT2D eigenvalue weighted by atomic mass is 10.2. The molecule has 6 nitrogen and oxygen atoms in total. The zero-order valence-corrected chi connectivity index (χ0v) is 14.9. The Morgan fingerprint density at radius 2 is 2.07 bits per heavy atom. The van der Waals surface area contributed by atoms with Crippen LogP contribution in [0.25, 0.3) is 0 Å². The van der Waals surface area contributed by atoms with Gasteiger partial charge in [0, 0.05) is 17.6 Å². The molecule has 1 amide bonds. The fourth-order valence-corrected chi connectivity index (χ4v) is 2.66. The number of amides is 1. The van der Waals surface area contributed by atoms with E-state index in [0.717, 1.165) is 16.3 Å². The van der Waals surface area contributed by atoms with Crippen molar-refractivity contribution in [3.63, 3.8) is 0 Å². The minimum absolute atomic E-state index is 0.252. The van der Waals surface area contributed by atoms with Gasteiger partial charge in [0.1, 0.15) is 6.54 Å². The minimum Gasteiger partial charge on any atom is -0.324 e. The van der Waals surface area contributed by atoms with Crippen molar-refractivity contribution in [1.29, 1.82) is 0 Å². The van der Waals surface area contributed by atoms with Crippen molar-refractivity contribution in [2.45, 2.75) is 26.2 Å². The molecule has 0 aliphatic rings. The summed E-state index contributed by atoms with van der Waals surface area (Å²) in [6.45, 7) is 1.61. The molecule has 1 N–H and O–H groups in total. The lowest BCUT2D eigenvalue weighted by Crippen LogP contribution is -2.21. The average molecular weight is 398 g/mol. The fourth-order valence-electron chi connectivity index (χ4n) is 2.50. The number of carbonyl (C=O) groups excluding carboxylic acids is 1. The molecular formula is C17H15ClF3N5O. The highest BCUT2D eigenvalue weighted by atomic mass is 35.5. The Morgan fingerprint density at radius 1 is 1.30 bits per heavy atom. The van der Waals surface area contributed by atoms with Crippen molar-refractivity contribution in [1.82, 2.24) is 19.6 Å². The number of benzene rings is 1. The maximum atomic E-state index is 12.7. The van der Waals surface area contributed by atoms with E-state index in [2.05, 4.69) is 15.5 Å². The largest absolute Gasteiger partial charge is 0.435 e. The number of anilines is 1. The van der Waals surface area contributed by atoms with Crippen LogP contribution in [0.4, 0.5) is 18.9 Å². The molecule has 0 spiro atoms. The van der Waals surface area contributed by atoms with Gasteiger partial charge in [-0.2, -0.15) is 23.4 Å². The first-order chi connectivity index (χ1) is 12.7. The van der Waals surface area contributed by atoms with Crippen molar-refractivity contribution >= 4 is 23.2 Å². The summed E-state index contributed by atoms with van der Waals surface area (Å²) in [5.41, 5.74) is 0.633. The zero-order valence-electron chi connectivity index (χ0n) is 14.2. The molecule has 0 bridgehead atoms. The fraction of sp³-hybridized carbons (Fsp3) is 0.235. The standard InChI is InChI=1S/C17H15ClF3N5O/c1-11-5-15(17(19,20)21)24-26(11)10-16(27)23-14-4-2-3-12(6-14)8-25-9-13(18)7-22-25/h2-7,9H,8,10H2,1H3,(H,23,27). The molecule has 0 aliphatic carbocycles. The Kier molecular flexibility index (Phi) is 5.22. The number of aryl methyl sites for hydroxylation is 1. The second kappa shape index (κ2) is 7.43. The van der Waals surface area contributed by atoms with Gasteiger partial charge in [0.05, 0.1) is 17.8 Å². The van der Waals surface area contributed by atoms with Crippen LogP contribution in [-0.2, 0) is 24.1 Å². The van der Waals surface area contributed by atoms with Gasteiger partial charge < -0.3 is 5.32 Å². The van der Waals surface area contributed by atoms with Crippen LogP contribution in [0, 0.1) is 6.92 Å². The second-order valence-electron chi connectivity index (χ2n) is 5.93. The summed E-state index contributed by atoms with van der Waals surface area (Å²) in [5.74, 6) is -0.478. The molecule has 0 saturated heterocycles. The molecule has 0 saturated carbocycles. The van der Waals surface area contributed by atoms with Gasteiger partial charge in [0.25, 0.3) is 0 Å². The number of hydrogen-bond acceptors (Lipinski definition) is 3. The van der Waals surface area contributed by atoms with E-state index in [-0.39, 0.29) is 12.2 Å². The van der Waals surface area contributed by atoms with Crippen LogP contribution in [-0.4, -0.2) is 25.5 Å². The Hall–Kier alpha value is -2.81. The van der Waals surface area contributed by atoms with Gasteiger partial charge in [-0.25, -0.2) is 0 Å². The van der Waals surface area contributed by atoms with E-state index in [1.54, 1.807) is 29.1 Å². The van der Waals surface area contributed by atoms with Crippen molar-refractivity contribution in [3.8, 4) is 0 Å². The molecule has 1 aromatic carbocycles. The molecule has 3 rings (SSSR count). The summed E-state index contributed by atoms with van der Waals surface area (Å²) < 4.78 is 40.8. The number of carbonyl (C=O) groups is 1. The van der Waals surface area contributed by atoms with Crippen LogP contribution in [0.5, 0.6) is 0 Å². The summed E-state index contributed by atoms with van der Waals surface area (Å²) in [7, 11) is 0. The smallest absolute Gasteiger partial charge is 0.324 e. The number of aromatic nitrogens is 4. The molecule has 10 heteroatoms. The maximum absolute atomic E-state index is 12.7. The van der Waals surface area contributed by atoms with E-state index in [4.69, 9.17) is 11.6 Å². The predicted molar refractivity (Wildman–Crippen MR) is 93.4 cm³/mol.